The number of carbonyl (C=O) groups is 1. The van der Waals surface area contributed by atoms with Crippen LogP contribution in [0.1, 0.15) is 10.4 Å². The number of non-ortho nitro benzene ring substituents is 2. The molecule has 0 bridgehead atoms. The van der Waals surface area contributed by atoms with Gasteiger partial charge in [0.05, 0.1) is 27.0 Å². The molecular formula is C15H8N4O7. The van der Waals surface area contributed by atoms with Crippen molar-refractivity contribution in [3.63, 3.8) is 0 Å². The summed E-state index contributed by atoms with van der Waals surface area (Å²) in [5.74, 6) is -1.27. The first kappa shape index (κ1) is 16.7. The number of carboxylic acids is 1. The second kappa shape index (κ2) is 6.39. The number of hydrogen-bond donors (Lipinski definition) is 1. The fraction of sp³-hybridized carbons (Fsp3) is 0. The SMILES string of the molecule is O=C(O)c1cccc(-c2noc(-c3cc([N+](=O)[O-])cc([N+](=O)[O-])c3)n2)c1. The zero-order chi connectivity index (χ0) is 18.8. The van der Waals surface area contributed by atoms with Crippen molar-refractivity contribution in [2.45, 2.75) is 0 Å². The standard InChI is InChI=1S/C15H8N4O7/c20-15(21)9-3-1-2-8(4-9)13-16-14(26-17-13)10-5-11(18(22)23)7-12(6-10)19(24)25/h1-7H,(H,20,21). The van der Waals surface area contributed by atoms with Gasteiger partial charge < -0.3 is 9.63 Å². The molecule has 26 heavy (non-hydrogen) atoms. The molecule has 11 heteroatoms. The first-order valence-electron chi connectivity index (χ1n) is 6.97. The van der Waals surface area contributed by atoms with Crippen LogP contribution in [0, 0.1) is 20.2 Å². The Labute approximate surface area is 143 Å². The van der Waals surface area contributed by atoms with Crippen LogP contribution in [-0.2, 0) is 0 Å². The van der Waals surface area contributed by atoms with E-state index >= 15 is 0 Å². The number of hydrogen-bond acceptors (Lipinski definition) is 8. The van der Waals surface area contributed by atoms with Crippen LogP contribution in [0.3, 0.4) is 0 Å². The van der Waals surface area contributed by atoms with Crippen LogP contribution in [0.15, 0.2) is 47.0 Å². The van der Waals surface area contributed by atoms with Gasteiger partial charge in [-0.1, -0.05) is 17.3 Å². The van der Waals surface area contributed by atoms with Gasteiger partial charge >= 0.3 is 5.97 Å². The highest BCUT2D eigenvalue weighted by atomic mass is 16.6. The maximum atomic E-state index is 11.0. The molecule has 1 heterocycles. The van der Waals surface area contributed by atoms with Gasteiger partial charge in [0.1, 0.15) is 0 Å². The molecule has 0 spiro atoms. The molecule has 0 atom stereocenters. The van der Waals surface area contributed by atoms with Gasteiger partial charge in [0, 0.05) is 17.7 Å². The maximum Gasteiger partial charge on any atom is 0.335 e. The second-order valence-corrected chi connectivity index (χ2v) is 5.06. The number of rotatable bonds is 5. The van der Waals surface area contributed by atoms with E-state index in [1.807, 2.05) is 0 Å². The van der Waals surface area contributed by atoms with E-state index in [1.165, 1.54) is 18.2 Å². The van der Waals surface area contributed by atoms with E-state index < -0.39 is 27.2 Å². The van der Waals surface area contributed by atoms with E-state index in [0.29, 0.717) is 5.56 Å². The summed E-state index contributed by atoms with van der Waals surface area (Å²) in [5.41, 5.74) is -0.637. The van der Waals surface area contributed by atoms with Gasteiger partial charge in [0.15, 0.2) is 0 Å². The van der Waals surface area contributed by atoms with Gasteiger partial charge in [-0.25, -0.2) is 4.79 Å². The maximum absolute atomic E-state index is 11.0. The highest BCUT2D eigenvalue weighted by Gasteiger charge is 2.20. The summed E-state index contributed by atoms with van der Waals surface area (Å²) in [6, 6.07) is 8.71. The van der Waals surface area contributed by atoms with Gasteiger partial charge in [0.25, 0.3) is 17.3 Å². The first-order chi connectivity index (χ1) is 12.3. The lowest BCUT2D eigenvalue weighted by molar-refractivity contribution is -0.394. The van der Waals surface area contributed by atoms with Crippen molar-refractivity contribution in [1.29, 1.82) is 0 Å². The fourth-order valence-corrected chi connectivity index (χ4v) is 2.18. The van der Waals surface area contributed by atoms with E-state index in [9.17, 15) is 25.0 Å². The largest absolute Gasteiger partial charge is 0.478 e. The fourth-order valence-electron chi connectivity index (χ4n) is 2.18. The molecule has 3 rings (SSSR count). The zero-order valence-corrected chi connectivity index (χ0v) is 12.7. The zero-order valence-electron chi connectivity index (χ0n) is 12.7. The third kappa shape index (κ3) is 3.21. The molecule has 11 nitrogen and oxygen atoms in total. The van der Waals surface area contributed by atoms with Gasteiger partial charge in [-0.15, -0.1) is 0 Å². The van der Waals surface area contributed by atoms with Gasteiger partial charge in [-0.2, -0.15) is 4.98 Å². The van der Waals surface area contributed by atoms with Gasteiger partial charge in [-0.05, 0) is 12.1 Å². The Kier molecular flexibility index (Phi) is 4.11. The van der Waals surface area contributed by atoms with Gasteiger partial charge in [0.2, 0.25) is 5.82 Å². The molecule has 0 fully saturated rings. The van der Waals surface area contributed by atoms with Crippen molar-refractivity contribution in [2.75, 3.05) is 0 Å². The molecule has 0 unspecified atom stereocenters. The predicted octanol–water partition coefficient (Wildman–Crippen LogP) is 2.92. The average Bonchev–Trinajstić information content (AvgIpc) is 3.11. The molecule has 0 saturated carbocycles. The summed E-state index contributed by atoms with van der Waals surface area (Å²) in [7, 11) is 0. The van der Waals surface area contributed by atoms with E-state index in [4.69, 9.17) is 9.63 Å². The predicted molar refractivity (Wildman–Crippen MR) is 85.4 cm³/mol. The highest BCUT2D eigenvalue weighted by molar-refractivity contribution is 5.89. The van der Waals surface area contributed by atoms with Crippen LogP contribution in [-0.4, -0.2) is 31.1 Å². The van der Waals surface area contributed by atoms with Crippen LogP contribution < -0.4 is 0 Å². The lowest BCUT2D eigenvalue weighted by Crippen LogP contribution is -1.96. The first-order valence-corrected chi connectivity index (χ1v) is 6.97. The summed E-state index contributed by atoms with van der Waals surface area (Å²) >= 11 is 0. The summed E-state index contributed by atoms with van der Waals surface area (Å²) in [6.45, 7) is 0. The average molecular weight is 356 g/mol. The van der Waals surface area contributed by atoms with Crippen LogP contribution in [0.5, 0.6) is 0 Å². The molecule has 0 aliphatic heterocycles. The number of nitro groups is 2. The third-order valence-electron chi connectivity index (χ3n) is 3.36. The van der Waals surface area contributed by atoms with Crippen LogP contribution in [0.25, 0.3) is 22.8 Å². The third-order valence-corrected chi connectivity index (χ3v) is 3.36. The number of nitro benzene ring substituents is 2. The van der Waals surface area contributed by atoms with E-state index in [0.717, 1.165) is 18.2 Å². The molecule has 0 saturated heterocycles. The topological polar surface area (TPSA) is 162 Å². The number of carboxylic acid groups (broad SMARTS) is 1. The minimum atomic E-state index is -1.13. The lowest BCUT2D eigenvalue weighted by atomic mass is 10.1. The summed E-state index contributed by atoms with van der Waals surface area (Å²) < 4.78 is 5.02. The molecule has 0 aliphatic rings. The molecule has 2 aromatic carbocycles. The van der Waals surface area contributed by atoms with Crippen LogP contribution in [0.4, 0.5) is 11.4 Å². The van der Waals surface area contributed by atoms with Crippen molar-refractivity contribution in [3.05, 3.63) is 68.3 Å². The van der Waals surface area contributed by atoms with Crippen LogP contribution in [0.2, 0.25) is 0 Å². The smallest absolute Gasteiger partial charge is 0.335 e. The molecule has 1 N–H and O–H groups in total. The quantitative estimate of drug-likeness (QED) is 0.534. The molecule has 0 radical (unpaired) electrons. The number of aromatic nitrogens is 2. The monoisotopic (exact) mass is 356 g/mol. The minimum absolute atomic E-state index is 0.000890. The number of aromatic carboxylic acids is 1. The highest BCUT2D eigenvalue weighted by Crippen LogP contribution is 2.30. The van der Waals surface area contributed by atoms with E-state index in [1.54, 1.807) is 6.07 Å². The van der Waals surface area contributed by atoms with Crippen molar-refractivity contribution >= 4 is 17.3 Å². The number of benzene rings is 2. The summed E-state index contributed by atoms with van der Waals surface area (Å²) in [6.07, 6.45) is 0. The molecule has 130 valence electrons. The molecule has 0 amide bonds. The van der Waals surface area contributed by atoms with Crippen molar-refractivity contribution in [2.24, 2.45) is 0 Å². The molecule has 0 aliphatic carbocycles. The van der Waals surface area contributed by atoms with E-state index in [2.05, 4.69) is 10.1 Å². The van der Waals surface area contributed by atoms with Crippen LogP contribution >= 0.6 is 0 Å². The number of nitrogens with zero attached hydrogens (tertiary/aromatic N) is 4. The van der Waals surface area contributed by atoms with Crippen molar-refractivity contribution in [1.82, 2.24) is 10.1 Å². The molecule has 3 aromatic rings. The van der Waals surface area contributed by atoms with Gasteiger partial charge in [-0.3, -0.25) is 20.2 Å². The Bertz CT molecular complexity index is 1010. The summed E-state index contributed by atoms with van der Waals surface area (Å²) in [4.78, 5) is 35.4. The van der Waals surface area contributed by atoms with Crippen molar-refractivity contribution < 1.29 is 24.3 Å². The Morgan fingerprint density at radius 2 is 1.65 bits per heavy atom. The molecule has 1 aromatic heterocycles. The van der Waals surface area contributed by atoms with Crippen molar-refractivity contribution in [3.8, 4) is 22.8 Å². The Balaban J connectivity index is 2.05. The normalized spacial score (nSPS) is 10.5. The Morgan fingerprint density at radius 3 is 2.23 bits per heavy atom. The second-order valence-electron chi connectivity index (χ2n) is 5.06. The minimum Gasteiger partial charge on any atom is -0.478 e. The Hall–Kier alpha value is -4.15. The summed E-state index contributed by atoms with van der Waals surface area (Å²) in [5, 5.41) is 34.6. The van der Waals surface area contributed by atoms with E-state index in [-0.39, 0.29) is 22.8 Å². The molecular weight excluding hydrogens is 348 g/mol. The Morgan fingerprint density at radius 1 is 1.00 bits per heavy atom. The lowest BCUT2D eigenvalue weighted by Gasteiger charge is -1.97.